The number of fused-ring (bicyclic) bond motifs is 1. The van der Waals surface area contributed by atoms with Gasteiger partial charge in [-0.15, -0.1) is 0 Å². The van der Waals surface area contributed by atoms with Gasteiger partial charge in [0.1, 0.15) is 11.5 Å². The average molecular weight is 394 g/mol. The minimum Gasteiger partial charge on any atom is -0.502 e. The molecule has 2 aromatic rings. The van der Waals surface area contributed by atoms with E-state index in [0.29, 0.717) is 11.1 Å². The highest BCUT2D eigenvalue weighted by Crippen LogP contribution is 2.28. The lowest BCUT2D eigenvalue weighted by atomic mass is 9.95. The van der Waals surface area contributed by atoms with Crippen LogP contribution in [0.4, 0.5) is 4.39 Å². The number of carbonyl (C=O) groups is 2. The Hall–Kier alpha value is -2.87. The molecule has 0 saturated carbocycles. The van der Waals surface area contributed by atoms with Gasteiger partial charge in [0.05, 0.1) is 10.6 Å². The number of halogens is 2. The number of carbonyl (C=O) groups excluding carboxylic acids is 2. The molecule has 142 valence electrons. The molecule has 0 aliphatic carbocycles. The number of amides is 2. The molecule has 0 spiro atoms. The zero-order valence-electron chi connectivity index (χ0n) is 14.7. The summed E-state index contributed by atoms with van der Waals surface area (Å²) >= 11 is 5.78. The molecule has 1 aromatic heterocycles. The van der Waals surface area contributed by atoms with Gasteiger partial charge in [-0.1, -0.05) is 17.7 Å². The third-order valence-electron chi connectivity index (χ3n) is 4.60. The fourth-order valence-corrected chi connectivity index (χ4v) is 3.43. The molecule has 0 unspecified atom stereocenters. The highest BCUT2D eigenvalue weighted by atomic mass is 35.5. The van der Waals surface area contributed by atoms with Crippen LogP contribution < -0.4 is 10.9 Å². The van der Waals surface area contributed by atoms with Crippen LogP contribution in [0.5, 0.6) is 5.75 Å². The van der Waals surface area contributed by atoms with Crippen molar-refractivity contribution in [2.45, 2.75) is 13.0 Å². The van der Waals surface area contributed by atoms with Crippen molar-refractivity contribution in [3.63, 3.8) is 0 Å². The predicted octanol–water partition coefficient (Wildman–Crippen LogP) is 1.44. The topological polar surface area (TPSA) is 91.6 Å². The summed E-state index contributed by atoms with van der Waals surface area (Å²) < 4.78 is 14.4. The molecule has 2 amide bonds. The Labute approximate surface area is 159 Å². The number of pyridine rings is 1. The number of benzene rings is 1. The second-order valence-corrected chi connectivity index (χ2v) is 6.63. The maximum absolute atomic E-state index is 13.3. The van der Waals surface area contributed by atoms with Crippen molar-refractivity contribution in [1.82, 2.24) is 14.8 Å². The van der Waals surface area contributed by atoms with E-state index >= 15 is 0 Å². The molecule has 1 aromatic carbocycles. The van der Waals surface area contributed by atoms with Crippen LogP contribution in [0.1, 0.15) is 32.0 Å². The van der Waals surface area contributed by atoms with E-state index < -0.39 is 28.9 Å². The summed E-state index contributed by atoms with van der Waals surface area (Å²) in [6.45, 7) is 0.394. The fraction of sp³-hybridized carbons (Fsp3) is 0.278. The highest BCUT2D eigenvalue weighted by Gasteiger charge is 2.34. The van der Waals surface area contributed by atoms with Crippen molar-refractivity contribution in [2.75, 3.05) is 13.6 Å². The first-order chi connectivity index (χ1) is 12.8. The second-order valence-electron chi connectivity index (χ2n) is 6.22. The van der Waals surface area contributed by atoms with Crippen LogP contribution >= 0.6 is 11.6 Å². The van der Waals surface area contributed by atoms with E-state index in [1.165, 1.54) is 37.2 Å². The van der Waals surface area contributed by atoms with Gasteiger partial charge in [0.2, 0.25) is 0 Å². The Balaban J connectivity index is 2.04. The molecular formula is C18H17ClFN3O4. The van der Waals surface area contributed by atoms with Gasteiger partial charge in [0.15, 0.2) is 5.75 Å². The minimum atomic E-state index is -0.827. The number of nitrogens with one attached hydrogen (secondary N) is 1. The Morgan fingerprint density at radius 3 is 2.70 bits per heavy atom. The normalized spacial score (nSPS) is 13.5. The van der Waals surface area contributed by atoms with Gasteiger partial charge < -0.3 is 19.9 Å². The highest BCUT2D eigenvalue weighted by molar-refractivity contribution is 6.30. The number of rotatable bonds is 3. The van der Waals surface area contributed by atoms with Crippen molar-refractivity contribution in [3.05, 3.63) is 61.8 Å². The molecule has 7 nitrogen and oxygen atoms in total. The number of hydrogen-bond donors (Lipinski definition) is 2. The maximum atomic E-state index is 13.3. The molecule has 3 rings (SSSR count). The fourth-order valence-electron chi connectivity index (χ4n) is 3.23. The summed E-state index contributed by atoms with van der Waals surface area (Å²) in [6.07, 6.45) is 0.278. The Morgan fingerprint density at radius 2 is 2.07 bits per heavy atom. The van der Waals surface area contributed by atoms with E-state index in [2.05, 4.69) is 5.32 Å². The van der Waals surface area contributed by atoms with Crippen molar-refractivity contribution < 1.29 is 19.1 Å². The van der Waals surface area contributed by atoms with Gasteiger partial charge >= 0.3 is 0 Å². The van der Waals surface area contributed by atoms with Crippen LogP contribution in [0, 0.1) is 5.82 Å². The van der Waals surface area contributed by atoms with Crippen molar-refractivity contribution in [3.8, 4) is 5.75 Å². The predicted molar refractivity (Wildman–Crippen MR) is 96.6 cm³/mol. The molecule has 27 heavy (non-hydrogen) atoms. The summed E-state index contributed by atoms with van der Waals surface area (Å²) in [5.41, 5.74) is -0.0166. The van der Waals surface area contributed by atoms with Crippen molar-refractivity contribution >= 4 is 23.4 Å². The second kappa shape index (κ2) is 7.03. The zero-order valence-corrected chi connectivity index (χ0v) is 15.4. The molecule has 1 aliphatic rings. The van der Waals surface area contributed by atoms with Gasteiger partial charge in [-0.2, -0.15) is 0 Å². The summed E-state index contributed by atoms with van der Waals surface area (Å²) in [4.78, 5) is 38.8. The van der Waals surface area contributed by atoms with Crippen LogP contribution in [0.3, 0.4) is 0 Å². The average Bonchev–Trinajstić information content (AvgIpc) is 2.64. The van der Waals surface area contributed by atoms with E-state index in [9.17, 15) is 23.9 Å². The molecule has 9 heteroatoms. The van der Waals surface area contributed by atoms with E-state index in [-0.39, 0.29) is 35.8 Å². The van der Waals surface area contributed by atoms with E-state index in [1.54, 1.807) is 0 Å². The summed E-state index contributed by atoms with van der Waals surface area (Å²) in [5, 5.41) is 12.6. The van der Waals surface area contributed by atoms with Crippen LogP contribution in [-0.2, 0) is 20.0 Å². The molecule has 2 N–H and O–H groups in total. The number of nitrogens with zero attached hydrogens (tertiary/aromatic N) is 2. The summed E-state index contributed by atoms with van der Waals surface area (Å²) in [7, 11) is 2.78. The Morgan fingerprint density at radius 1 is 1.37 bits per heavy atom. The first-order valence-corrected chi connectivity index (χ1v) is 8.54. The van der Waals surface area contributed by atoms with E-state index in [1.807, 2.05) is 0 Å². The SMILES string of the molecule is CNC(=O)c1c2c(c(O)c(=O)n1C)C(=O)N(Cc1ccc(F)c(Cl)c1)CC2. The smallest absolute Gasteiger partial charge is 0.293 e. The van der Waals surface area contributed by atoms with Gasteiger partial charge in [0.25, 0.3) is 17.4 Å². The largest absolute Gasteiger partial charge is 0.502 e. The standard InChI is InChI=1S/C18H17ClFN3O4/c1-21-16(25)14-10-5-6-23(8-9-3-4-12(20)11(19)7-9)17(26)13(10)15(24)18(27)22(14)2/h3-4,7,24H,5-6,8H2,1-2H3,(H,21,25). The van der Waals surface area contributed by atoms with Gasteiger partial charge in [0, 0.05) is 32.7 Å². The minimum absolute atomic E-state index is 0.0492. The molecule has 0 bridgehead atoms. The monoisotopic (exact) mass is 393 g/mol. The van der Waals surface area contributed by atoms with E-state index in [0.717, 1.165) is 4.57 Å². The van der Waals surface area contributed by atoms with E-state index in [4.69, 9.17) is 11.6 Å². The number of hydrogen-bond acceptors (Lipinski definition) is 4. The summed E-state index contributed by atoms with van der Waals surface area (Å²) in [6, 6.07) is 4.13. The Kier molecular flexibility index (Phi) is 4.93. The number of aromatic nitrogens is 1. The molecule has 0 saturated heterocycles. The van der Waals surface area contributed by atoms with Crippen LogP contribution in [0.25, 0.3) is 0 Å². The zero-order chi connectivity index (χ0) is 19.9. The maximum Gasteiger partial charge on any atom is 0.293 e. The molecular weight excluding hydrogens is 377 g/mol. The number of aromatic hydroxyl groups is 1. The molecule has 0 radical (unpaired) electrons. The first kappa shape index (κ1) is 18.9. The third-order valence-corrected chi connectivity index (χ3v) is 4.89. The third kappa shape index (κ3) is 3.16. The molecule has 0 atom stereocenters. The Bertz CT molecular complexity index is 1020. The van der Waals surface area contributed by atoms with Crippen LogP contribution in [-0.4, -0.2) is 40.0 Å². The molecule has 1 aliphatic heterocycles. The molecule has 0 fully saturated rings. The lowest BCUT2D eigenvalue weighted by molar-refractivity contribution is 0.0721. The van der Waals surface area contributed by atoms with Crippen LogP contribution in [0.15, 0.2) is 23.0 Å². The quantitative estimate of drug-likeness (QED) is 0.825. The first-order valence-electron chi connectivity index (χ1n) is 8.16. The van der Waals surface area contributed by atoms with Crippen molar-refractivity contribution in [2.24, 2.45) is 7.05 Å². The summed E-state index contributed by atoms with van der Waals surface area (Å²) in [5.74, 6) is -2.34. The van der Waals surface area contributed by atoms with Gasteiger partial charge in [-0.25, -0.2) is 4.39 Å². The lowest BCUT2D eigenvalue weighted by Crippen LogP contribution is -2.41. The van der Waals surface area contributed by atoms with Gasteiger partial charge in [-0.05, 0) is 24.1 Å². The van der Waals surface area contributed by atoms with Crippen LogP contribution in [0.2, 0.25) is 5.02 Å². The molecule has 2 heterocycles. The van der Waals surface area contributed by atoms with Gasteiger partial charge in [-0.3, -0.25) is 14.4 Å². The lowest BCUT2D eigenvalue weighted by Gasteiger charge is -2.30. The van der Waals surface area contributed by atoms with Crippen molar-refractivity contribution in [1.29, 1.82) is 0 Å².